The average molecular weight is 884 g/mol. The molecular formula is C36H53NO24. The summed E-state index contributed by atoms with van der Waals surface area (Å²) < 4.78 is 55.6. The smallest absolute Gasteiger partial charge is 0.408 e. The van der Waals surface area contributed by atoms with Crippen molar-refractivity contribution in [1.82, 2.24) is 5.32 Å². The number of carbonyl (C=O) groups is 11. The van der Waals surface area contributed by atoms with Crippen molar-refractivity contribution < 1.29 is 115 Å². The molecule has 3 N–H and O–H groups in total. The maximum Gasteiger partial charge on any atom is 0.408 e. The molecule has 0 aliphatic carbocycles. The molecule has 0 rings (SSSR count). The summed E-state index contributed by atoms with van der Waals surface area (Å²) in [5, 5.41) is 24.1. The summed E-state index contributed by atoms with van der Waals surface area (Å²) in [6, 6.07) is -1.63. The highest BCUT2D eigenvalue weighted by molar-refractivity contribution is 5.81. The van der Waals surface area contributed by atoms with Crippen LogP contribution in [0.5, 0.6) is 0 Å². The molecule has 0 fully saturated rings. The van der Waals surface area contributed by atoms with E-state index >= 15 is 0 Å². The lowest BCUT2D eigenvalue weighted by Gasteiger charge is -2.33. The fraction of sp³-hybridized carbons (Fsp3) is 0.694. The summed E-state index contributed by atoms with van der Waals surface area (Å²) in [5.74, 6) is -11.8. The van der Waals surface area contributed by atoms with Crippen LogP contribution in [0.2, 0.25) is 0 Å². The maximum atomic E-state index is 13.6. The number of ether oxygens (including phenoxy) is 11. The van der Waals surface area contributed by atoms with Crippen molar-refractivity contribution in [3.05, 3.63) is 0 Å². The van der Waals surface area contributed by atoms with Crippen molar-refractivity contribution in [3.63, 3.8) is 0 Å². The van der Waals surface area contributed by atoms with Crippen molar-refractivity contribution in [2.45, 2.75) is 137 Å². The van der Waals surface area contributed by atoms with Gasteiger partial charge in [0, 0.05) is 55.4 Å². The normalized spacial score (nSPS) is 15.4. The maximum absolute atomic E-state index is 13.6. The number of esters is 10. The average Bonchev–Trinajstić information content (AvgIpc) is 3.09. The molecular weight excluding hydrogens is 830 g/mol. The van der Waals surface area contributed by atoms with Gasteiger partial charge in [0.15, 0.2) is 36.6 Å². The molecule has 0 spiro atoms. The quantitative estimate of drug-likeness (QED) is 0.0769. The minimum atomic E-state index is -2.58. The zero-order chi connectivity index (χ0) is 47.4. The van der Waals surface area contributed by atoms with Gasteiger partial charge in [-0.05, 0) is 20.8 Å². The van der Waals surface area contributed by atoms with Crippen molar-refractivity contribution in [2.24, 2.45) is 0 Å². The minimum absolute atomic E-state index is 0.818. The molecule has 1 unspecified atom stereocenters. The Labute approximate surface area is 349 Å². The second kappa shape index (κ2) is 26.2. The lowest BCUT2D eigenvalue weighted by molar-refractivity contribution is -0.204. The SMILES string of the molecule is CC(=O)OC[C@@H](O)[C@@H](OC(C)=O)[C@H](OC(C)=O)[C@@H](OC(C)=O)C(=O)OCC(COC(=O)[C@H](O)[C@@H](OC(C)=O)[C@H](OC(C)=O)[C@@H](COC(C)=O)OC(C)=O)NC(=O)OC(C)(C)C. The van der Waals surface area contributed by atoms with Crippen molar-refractivity contribution in [1.29, 1.82) is 0 Å². The van der Waals surface area contributed by atoms with Gasteiger partial charge in [0.25, 0.3) is 0 Å². The molecule has 0 saturated heterocycles. The summed E-state index contributed by atoms with van der Waals surface area (Å²) in [6.07, 6.45) is -18.3. The summed E-state index contributed by atoms with van der Waals surface area (Å²) in [6.45, 7) is 7.81. The topological polar surface area (TPSA) is 342 Å². The Balaban J connectivity index is 6.87. The molecule has 0 aromatic heterocycles. The lowest BCUT2D eigenvalue weighted by Crippen LogP contribution is -2.55. The van der Waals surface area contributed by atoms with Crippen molar-refractivity contribution in [3.8, 4) is 0 Å². The molecule has 0 aromatic rings. The molecule has 0 aliphatic rings. The Morgan fingerprint density at radius 1 is 0.459 bits per heavy atom. The van der Waals surface area contributed by atoms with E-state index in [1.807, 2.05) is 0 Å². The van der Waals surface area contributed by atoms with E-state index < -0.39 is 153 Å². The Morgan fingerprint density at radius 2 is 0.869 bits per heavy atom. The number of carbonyl (C=O) groups excluding carboxylic acids is 11. The van der Waals surface area contributed by atoms with Gasteiger partial charge in [0.05, 0.1) is 0 Å². The first-order valence-electron chi connectivity index (χ1n) is 18.0. The molecule has 346 valence electrons. The molecule has 9 atom stereocenters. The predicted octanol–water partition coefficient (Wildman–Crippen LogP) is -1.60. The van der Waals surface area contributed by atoms with E-state index in [1.165, 1.54) is 20.8 Å². The second-order valence-corrected chi connectivity index (χ2v) is 13.7. The third-order valence-electron chi connectivity index (χ3n) is 6.78. The minimum Gasteiger partial charge on any atom is -0.463 e. The predicted molar refractivity (Wildman–Crippen MR) is 194 cm³/mol. The highest BCUT2D eigenvalue weighted by Crippen LogP contribution is 2.21. The van der Waals surface area contributed by atoms with Crippen LogP contribution in [0.15, 0.2) is 0 Å². The highest BCUT2D eigenvalue weighted by Gasteiger charge is 2.47. The number of nitrogens with one attached hydrogen (secondary N) is 1. The van der Waals surface area contributed by atoms with Crippen LogP contribution < -0.4 is 5.32 Å². The first-order chi connectivity index (χ1) is 28.0. The number of hydrogen-bond acceptors (Lipinski definition) is 24. The lowest BCUT2D eigenvalue weighted by atomic mass is 10.0. The Bertz CT molecular complexity index is 1590. The van der Waals surface area contributed by atoms with Crippen molar-refractivity contribution in [2.75, 3.05) is 26.4 Å². The van der Waals surface area contributed by atoms with Crippen LogP contribution in [0.25, 0.3) is 0 Å². The van der Waals surface area contributed by atoms with Gasteiger partial charge in [-0.2, -0.15) is 0 Å². The molecule has 1 amide bonds. The molecule has 61 heavy (non-hydrogen) atoms. The Kier molecular flexibility index (Phi) is 23.6. The molecule has 0 bridgehead atoms. The largest absolute Gasteiger partial charge is 0.463 e. The zero-order valence-electron chi connectivity index (χ0n) is 35.4. The van der Waals surface area contributed by atoms with Crippen LogP contribution in [-0.4, -0.2) is 163 Å². The van der Waals surface area contributed by atoms with Gasteiger partial charge in [-0.25, -0.2) is 14.4 Å². The van der Waals surface area contributed by atoms with Crippen LogP contribution in [-0.2, 0) is 100 Å². The van der Waals surface area contributed by atoms with E-state index in [9.17, 15) is 63.0 Å². The number of alkyl carbamates (subject to hydrolysis) is 1. The van der Waals surface area contributed by atoms with E-state index in [4.69, 9.17) is 52.1 Å². The van der Waals surface area contributed by atoms with Gasteiger partial charge in [-0.1, -0.05) is 0 Å². The molecule has 0 heterocycles. The van der Waals surface area contributed by atoms with Crippen LogP contribution in [0.4, 0.5) is 4.79 Å². The number of aliphatic hydroxyl groups is 2. The van der Waals surface area contributed by atoms with E-state index in [0.717, 1.165) is 55.4 Å². The monoisotopic (exact) mass is 883 g/mol. The third kappa shape index (κ3) is 23.3. The van der Waals surface area contributed by atoms with Gasteiger partial charge in [0.1, 0.15) is 44.2 Å². The highest BCUT2D eigenvalue weighted by atomic mass is 16.7. The summed E-state index contributed by atoms with van der Waals surface area (Å²) in [5.41, 5.74) is -1.12. The Hall–Kier alpha value is -6.11. The van der Waals surface area contributed by atoms with E-state index in [-0.39, 0.29) is 0 Å². The molecule has 25 nitrogen and oxygen atoms in total. The first kappa shape index (κ1) is 54.9. The fourth-order valence-corrected chi connectivity index (χ4v) is 4.70. The summed E-state index contributed by atoms with van der Waals surface area (Å²) in [7, 11) is 0. The number of hydrogen-bond donors (Lipinski definition) is 3. The fourth-order valence-electron chi connectivity index (χ4n) is 4.70. The van der Waals surface area contributed by atoms with Crippen molar-refractivity contribution >= 4 is 65.8 Å². The summed E-state index contributed by atoms with van der Waals surface area (Å²) in [4.78, 5) is 135. The number of rotatable bonds is 23. The molecule has 0 aliphatic heterocycles. The molecule has 0 aromatic carbocycles. The summed E-state index contributed by atoms with van der Waals surface area (Å²) >= 11 is 0. The van der Waals surface area contributed by atoms with Gasteiger partial charge < -0.3 is 67.6 Å². The van der Waals surface area contributed by atoms with Crippen LogP contribution in [0.3, 0.4) is 0 Å². The van der Waals surface area contributed by atoms with Crippen LogP contribution in [0.1, 0.15) is 76.2 Å². The zero-order valence-corrected chi connectivity index (χ0v) is 35.4. The van der Waals surface area contributed by atoms with E-state index in [1.54, 1.807) is 0 Å². The molecule has 0 saturated carbocycles. The standard InChI is InChI=1S/C36H53NO24/c1-16(38)51-14-25(46)28(56-19(4)41)31(59-22(7)44)32(60-23(8)45)34(49)54-13-24(37-35(50)61-36(9,10)11)12-53-33(48)27(47)30(58-21(6)43)29(57-20(5)42)26(55-18(3)40)15-52-17(2)39/h24-32,46-47H,12-15H2,1-11H3,(H,37,50)/t24?,25-,26-,27-,28-,29-,30-,31+,32-/m1/s1. The van der Waals surface area contributed by atoms with E-state index in [0.29, 0.717) is 0 Å². The molecule has 0 radical (unpaired) electrons. The molecule has 25 heteroatoms. The first-order valence-corrected chi connectivity index (χ1v) is 18.0. The number of aliphatic hydroxyl groups excluding tert-OH is 2. The Morgan fingerprint density at radius 3 is 1.31 bits per heavy atom. The number of amides is 1. The van der Waals surface area contributed by atoms with E-state index in [2.05, 4.69) is 5.32 Å². The van der Waals surface area contributed by atoms with Gasteiger partial charge in [-0.3, -0.25) is 38.4 Å². The van der Waals surface area contributed by atoms with Gasteiger partial charge in [0.2, 0.25) is 6.10 Å². The van der Waals surface area contributed by atoms with Gasteiger partial charge in [-0.15, -0.1) is 0 Å². The van der Waals surface area contributed by atoms with Crippen LogP contribution >= 0.6 is 0 Å². The van der Waals surface area contributed by atoms with Crippen LogP contribution in [0, 0.1) is 0 Å². The van der Waals surface area contributed by atoms with Gasteiger partial charge >= 0.3 is 65.8 Å². The third-order valence-corrected chi connectivity index (χ3v) is 6.78. The second-order valence-electron chi connectivity index (χ2n) is 13.7.